The Morgan fingerprint density at radius 1 is 1.36 bits per heavy atom. The van der Waals surface area contributed by atoms with Gasteiger partial charge in [-0.2, -0.15) is 0 Å². The largest absolute Gasteiger partial charge is 0.310 e. The van der Waals surface area contributed by atoms with E-state index in [0.29, 0.717) is 6.04 Å². The summed E-state index contributed by atoms with van der Waals surface area (Å²) in [6, 6.07) is 8.81. The van der Waals surface area contributed by atoms with E-state index in [1.165, 1.54) is 22.9 Å². The van der Waals surface area contributed by atoms with Gasteiger partial charge in [0.05, 0.1) is 0 Å². The molecule has 0 aromatic heterocycles. The van der Waals surface area contributed by atoms with Gasteiger partial charge in [-0.3, -0.25) is 0 Å². The first-order valence-corrected chi connectivity index (χ1v) is 6.02. The Labute approximate surface area is 95.0 Å². The van der Waals surface area contributed by atoms with Gasteiger partial charge in [-0.15, -0.1) is 0 Å². The summed E-state index contributed by atoms with van der Waals surface area (Å²) in [7, 11) is 0. The van der Waals surface area contributed by atoms with Crippen molar-refractivity contribution in [3.05, 3.63) is 34.3 Å². The summed E-state index contributed by atoms with van der Waals surface area (Å²) in [5.74, 6) is 0. The lowest BCUT2D eigenvalue weighted by atomic mass is 10.1. The molecule has 0 fully saturated rings. The maximum absolute atomic E-state index is 3.57. The Kier molecular flexibility index (Phi) is 5.20. The lowest BCUT2D eigenvalue weighted by molar-refractivity contribution is 0.553. The number of benzene rings is 1. The van der Waals surface area contributed by atoms with Crippen LogP contribution >= 0.6 is 15.9 Å². The van der Waals surface area contributed by atoms with Gasteiger partial charge in [0.15, 0.2) is 0 Å². The predicted molar refractivity (Wildman–Crippen MR) is 65.5 cm³/mol. The summed E-state index contributed by atoms with van der Waals surface area (Å²) in [5, 5.41) is 3.51. The second-order valence-electron chi connectivity index (χ2n) is 3.55. The molecule has 0 bridgehead atoms. The van der Waals surface area contributed by atoms with Crippen molar-refractivity contribution in [3.8, 4) is 0 Å². The molecule has 0 saturated carbocycles. The van der Waals surface area contributed by atoms with Crippen LogP contribution in [0.2, 0.25) is 0 Å². The molecule has 0 heterocycles. The number of halogens is 1. The third kappa shape index (κ3) is 3.43. The summed E-state index contributed by atoms with van der Waals surface area (Å²) < 4.78 is 1.19. The van der Waals surface area contributed by atoms with Crippen molar-refractivity contribution in [2.24, 2.45) is 0 Å². The van der Waals surface area contributed by atoms with Gasteiger partial charge in [0.25, 0.3) is 0 Å². The Bertz CT molecular complexity index is 273. The topological polar surface area (TPSA) is 12.0 Å². The lowest BCUT2D eigenvalue weighted by Gasteiger charge is -2.15. The molecule has 0 spiro atoms. The molecule has 1 rings (SSSR count). The van der Waals surface area contributed by atoms with Gasteiger partial charge in [-0.1, -0.05) is 47.5 Å². The molecule has 0 aliphatic heterocycles. The molecule has 1 N–H and O–H groups in total. The minimum absolute atomic E-state index is 0.428. The minimum Gasteiger partial charge on any atom is -0.310 e. The van der Waals surface area contributed by atoms with Gasteiger partial charge >= 0.3 is 0 Å². The van der Waals surface area contributed by atoms with E-state index >= 15 is 0 Å². The number of nitrogens with one attached hydrogen (secondary N) is 1. The number of unbranched alkanes of at least 4 members (excludes halogenated alkanes) is 1. The molecule has 0 saturated heterocycles. The summed E-state index contributed by atoms with van der Waals surface area (Å²) >= 11 is 3.57. The van der Waals surface area contributed by atoms with Crippen LogP contribution in [0.3, 0.4) is 0 Å². The van der Waals surface area contributed by atoms with Crippen LogP contribution in [-0.4, -0.2) is 6.54 Å². The molecule has 1 aromatic rings. The van der Waals surface area contributed by atoms with Crippen LogP contribution in [0.5, 0.6) is 0 Å². The van der Waals surface area contributed by atoms with E-state index in [4.69, 9.17) is 0 Å². The Morgan fingerprint density at radius 3 is 2.71 bits per heavy atom. The molecule has 0 radical (unpaired) electrons. The fourth-order valence-electron chi connectivity index (χ4n) is 1.43. The van der Waals surface area contributed by atoms with E-state index < -0.39 is 0 Å². The standard InChI is InChI=1S/C12H18BrN/c1-3-4-9-14-10(2)11-7-5-6-8-12(11)13/h5-8,10,14H,3-4,9H2,1-2H3. The number of rotatable bonds is 5. The zero-order valence-electron chi connectivity index (χ0n) is 8.89. The quantitative estimate of drug-likeness (QED) is 0.788. The molecule has 1 nitrogen and oxygen atoms in total. The van der Waals surface area contributed by atoms with Crippen LogP contribution in [0.25, 0.3) is 0 Å². The maximum Gasteiger partial charge on any atom is 0.0302 e. The van der Waals surface area contributed by atoms with Crippen LogP contribution in [0, 0.1) is 0 Å². The molecule has 1 aromatic carbocycles. The van der Waals surface area contributed by atoms with Gasteiger partial charge in [-0.25, -0.2) is 0 Å². The maximum atomic E-state index is 3.57. The first-order chi connectivity index (χ1) is 6.75. The molecule has 0 aliphatic carbocycles. The third-order valence-electron chi connectivity index (χ3n) is 2.35. The molecule has 1 atom stereocenters. The SMILES string of the molecule is CCCCNC(C)c1ccccc1Br. The van der Waals surface area contributed by atoms with E-state index in [-0.39, 0.29) is 0 Å². The van der Waals surface area contributed by atoms with Gasteiger partial charge in [-0.05, 0) is 31.5 Å². The van der Waals surface area contributed by atoms with Crippen molar-refractivity contribution >= 4 is 15.9 Å². The first kappa shape index (κ1) is 11.7. The normalized spacial score (nSPS) is 12.8. The fraction of sp³-hybridized carbons (Fsp3) is 0.500. The molecule has 14 heavy (non-hydrogen) atoms. The van der Waals surface area contributed by atoms with Crippen molar-refractivity contribution in [3.63, 3.8) is 0 Å². The van der Waals surface area contributed by atoms with Gasteiger partial charge in [0.2, 0.25) is 0 Å². The van der Waals surface area contributed by atoms with Gasteiger partial charge in [0, 0.05) is 10.5 Å². The zero-order chi connectivity index (χ0) is 10.4. The van der Waals surface area contributed by atoms with E-state index in [1.807, 2.05) is 6.07 Å². The molecule has 0 amide bonds. The van der Waals surface area contributed by atoms with Crippen LogP contribution in [0.4, 0.5) is 0 Å². The Balaban J connectivity index is 2.51. The van der Waals surface area contributed by atoms with Crippen LogP contribution < -0.4 is 5.32 Å². The fourth-order valence-corrected chi connectivity index (χ4v) is 2.06. The summed E-state index contributed by atoms with van der Waals surface area (Å²) in [4.78, 5) is 0. The van der Waals surface area contributed by atoms with E-state index in [9.17, 15) is 0 Å². The highest BCUT2D eigenvalue weighted by Crippen LogP contribution is 2.22. The molecule has 0 aliphatic rings. The minimum atomic E-state index is 0.428. The van der Waals surface area contributed by atoms with Crippen molar-refractivity contribution < 1.29 is 0 Å². The lowest BCUT2D eigenvalue weighted by Crippen LogP contribution is -2.19. The predicted octanol–water partition coefficient (Wildman–Crippen LogP) is 3.90. The highest BCUT2D eigenvalue weighted by Gasteiger charge is 2.06. The summed E-state index contributed by atoms with van der Waals surface area (Å²) in [6.45, 7) is 5.51. The van der Waals surface area contributed by atoms with Crippen molar-refractivity contribution in [1.82, 2.24) is 5.32 Å². The summed E-state index contributed by atoms with van der Waals surface area (Å²) in [6.07, 6.45) is 2.49. The number of hydrogen-bond donors (Lipinski definition) is 1. The van der Waals surface area contributed by atoms with Crippen molar-refractivity contribution in [2.75, 3.05) is 6.54 Å². The zero-order valence-corrected chi connectivity index (χ0v) is 10.5. The second-order valence-corrected chi connectivity index (χ2v) is 4.41. The highest BCUT2D eigenvalue weighted by molar-refractivity contribution is 9.10. The van der Waals surface area contributed by atoms with Crippen LogP contribution in [0.15, 0.2) is 28.7 Å². The molecular weight excluding hydrogens is 238 g/mol. The third-order valence-corrected chi connectivity index (χ3v) is 3.07. The van der Waals surface area contributed by atoms with Gasteiger partial charge in [0.1, 0.15) is 0 Å². The monoisotopic (exact) mass is 255 g/mol. The average molecular weight is 256 g/mol. The van der Waals surface area contributed by atoms with Crippen molar-refractivity contribution in [1.29, 1.82) is 0 Å². The molecule has 2 heteroatoms. The number of hydrogen-bond acceptors (Lipinski definition) is 1. The highest BCUT2D eigenvalue weighted by atomic mass is 79.9. The summed E-state index contributed by atoms with van der Waals surface area (Å²) in [5.41, 5.74) is 1.34. The van der Waals surface area contributed by atoms with Crippen LogP contribution in [0.1, 0.15) is 38.3 Å². The molecule has 1 unspecified atom stereocenters. The smallest absolute Gasteiger partial charge is 0.0302 e. The van der Waals surface area contributed by atoms with Gasteiger partial charge < -0.3 is 5.32 Å². The average Bonchev–Trinajstić information content (AvgIpc) is 2.18. The molecule has 78 valence electrons. The molecular formula is C12H18BrN. The van der Waals surface area contributed by atoms with E-state index in [2.05, 4.69) is 53.3 Å². The Hall–Kier alpha value is -0.340. The second kappa shape index (κ2) is 6.20. The van der Waals surface area contributed by atoms with E-state index in [0.717, 1.165) is 6.54 Å². The first-order valence-electron chi connectivity index (χ1n) is 5.23. The van der Waals surface area contributed by atoms with Crippen LogP contribution in [-0.2, 0) is 0 Å². The van der Waals surface area contributed by atoms with E-state index in [1.54, 1.807) is 0 Å². The Morgan fingerprint density at radius 2 is 2.07 bits per heavy atom. The van der Waals surface area contributed by atoms with Crippen molar-refractivity contribution in [2.45, 2.75) is 32.7 Å².